The van der Waals surface area contributed by atoms with Crippen molar-refractivity contribution < 1.29 is 4.74 Å². The summed E-state index contributed by atoms with van der Waals surface area (Å²) in [6.07, 6.45) is 2.11. The molecule has 0 aromatic heterocycles. The minimum absolute atomic E-state index is 0.848. The predicted octanol–water partition coefficient (Wildman–Crippen LogP) is 3.74. The van der Waals surface area contributed by atoms with E-state index in [0.717, 1.165) is 43.1 Å². The molecule has 0 aliphatic heterocycles. The van der Waals surface area contributed by atoms with Gasteiger partial charge in [0.25, 0.3) is 0 Å². The van der Waals surface area contributed by atoms with Crippen molar-refractivity contribution in [2.45, 2.75) is 19.8 Å². The van der Waals surface area contributed by atoms with Crippen LogP contribution in [0.2, 0.25) is 0 Å². The van der Waals surface area contributed by atoms with E-state index < -0.39 is 0 Å². The smallest absolute Gasteiger partial charge is 0.118 e. The van der Waals surface area contributed by atoms with Crippen molar-refractivity contribution in [3.05, 3.63) is 54.1 Å². The van der Waals surface area contributed by atoms with E-state index in [9.17, 15) is 0 Å². The zero-order valence-electron chi connectivity index (χ0n) is 12.9. The molecule has 21 heavy (non-hydrogen) atoms. The monoisotopic (exact) mass is 284 g/mol. The molecule has 3 heteroatoms. The van der Waals surface area contributed by atoms with Gasteiger partial charge in [-0.1, -0.05) is 31.2 Å². The molecule has 0 aliphatic rings. The van der Waals surface area contributed by atoms with E-state index in [0.29, 0.717) is 0 Å². The highest BCUT2D eigenvalue weighted by Crippen LogP contribution is 2.23. The van der Waals surface area contributed by atoms with Gasteiger partial charge in [0.2, 0.25) is 0 Å². The van der Waals surface area contributed by atoms with Crippen LogP contribution in [0.15, 0.2) is 48.5 Å². The molecular weight excluding hydrogens is 260 g/mol. The Hall–Kier alpha value is -2.16. The zero-order valence-corrected chi connectivity index (χ0v) is 12.9. The molecule has 0 saturated heterocycles. The Morgan fingerprint density at radius 3 is 2.33 bits per heavy atom. The van der Waals surface area contributed by atoms with Crippen LogP contribution in [0.4, 0.5) is 11.4 Å². The maximum absolute atomic E-state index is 6.10. The summed E-state index contributed by atoms with van der Waals surface area (Å²) in [5, 5.41) is 0. The van der Waals surface area contributed by atoms with Crippen LogP contribution in [0.1, 0.15) is 18.9 Å². The zero-order chi connectivity index (χ0) is 15.1. The summed E-state index contributed by atoms with van der Waals surface area (Å²) in [4.78, 5) is 2.36. The van der Waals surface area contributed by atoms with Crippen molar-refractivity contribution in [3.63, 3.8) is 0 Å². The third-order valence-electron chi connectivity index (χ3n) is 3.60. The third kappa shape index (κ3) is 4.15. The number of methoxy groups -OCH3 is 1. The van der Waals surface area contributed by atoms with Crippen LogP contribution in [0.25, 0.3) is 0 Å². The molecule has 0 amide bonds. The number of nitrogens with zero attached hydrogens (tertiary/aromatic N) is 1. The van der Waals surface area contributed by atoms with Crippen LogP contribution in [0, 0.1) is 0 Å². The summed E-state index contributed by atoms with van der Waals surface area (Å²) in [6, 6.07) is 16.3. The van der Waals surface area contributed by atoms with Gasteiger partial charge >= 0.3 is 0 Å². The summed E-state index contributed by atoms with van der Waals surface area (Å²) in [5.41, 5.74) is 9.39. The normalized spacial score (nSPS) is 10.4. The number of hydrogen-bond acceptors (Lipinski definition) is 3. The Morgan fingerprint density at radius 1 is 1.00 bits per heavy atom. The Kier molecular flexibility index (Phi) is 5.50. The average Bonchev–Trinajstić information content (AvgIpc) is 2.53. The first kappa shape index (κ1) is 15.2. The SMILES string of the molecule is CCCN(CCc1ccc(OC)cc1)c1ccccc1N. The van der Waals surface area contributed by atoms with E-state index in [4.69, 9.17) is 10.5 Å². The molecule has 0 unspecified atom stereocenters. The number of anilines is 2. The molecule has 0 saturated carbocycles. The largest absolute Gasteiger partial charge is 0.497 e. The maximum atomic E-state index is 6.10. The molecule has 2 aromatic rings. The van der Waals surface area contributed by atoms with E-state index in [1.165, 1.54) is 5.56 Å². The molecular formula is C18H24N2O. The molecule has 0 heterocycles. The van der Waals surface area contributed by atoms with Gasteiger partial charge in [0.15, 0.2) is 0 Å². The standard InChI is InChI=1S/C18H24N2O/c1-3-13-20(18-7-5-4-6-17(18)19)14-12-15-8-10-16(21-2)11-9-15/h4-11H,3,12-14,19H2,1-2H3. The van der Waals surface area contributed by atoms with Crippen molar-refractivity contribution in [1.82, 2.24) is 0 Å². The highest BCUT2D eigenvalue weighted by Gasteiger charge is 2.08. The number of ether oxygens (including phenoxy) is 1. The number of para-hydroxylation sites is 2. The second-order valence-electron chi connectivity index (χ2n) is 5.14. The lowest BCUT2D eigenvalue weighted by atomic mass is 10.1. The molecule has 0 fully saturated rings. The average molecular weight is 284 g/mol. The number of nitrogens with two attached hydrogens (primary N) is 1. The van der Waals surface area contributed by atoms with Crippen LogP contribution in [0.3, 0.4) is 0 Å². The fourth-order valence-electron chi connectivity index (χ4n) is 2.45. The van der Waals surface area contributed by atoms with E-state index in [1.807, 2.05) is 30.3 Å². The highest BCUT2D eigenvalue weighted by molar-refractivity contribution is 5.67. The predicted molar refractivity (Wildman–Crippen MR) is 90.1 cm³/mol. The molecule has 112 valence electrons. The minimum atomic E-state index is 0.848. The van der Waals surface area contributed by atoms with Crippen molar-refractivity contribution in [2.24, 2.45) is 0 Å². The lowest BCUT2D eigenvalue weighted by molar-refractivity contribution is 0.414. The lowest BCUT2D eigenvalue weighted by Crippen LogP contribution is -2.27. The second-order valence-corrected chi connectivity index (χ2v) is 5.14. The summed E-state index contributed by atoms with van der Waals surface area (Å²) in [6.45, 7) is 4.18. The van der Waals surface area contributed by atoms with E-state index in [2.05, 4.69) is 30.0 Å². The van der Waals surface area contributed by atoms with Crippen LogP contribution < -0.4 is 15.4 Å². The number of rotatable bonds is 7. The van der Waals surface area contributed by atoms with Gasteiger partial charge in [-0.05, 0) is 42.7 Å². The summed E-state index contributed by atoms with van der Waals surface area (Å²) in [7, 11) is 1.69. The van der Waals surface area contributed by atoms with Crippen LogP contribution in [0.5, 0.6) is 5.75 Å². The lowest BCUT2D eigenvalue weighted by Gasteiger charge is -2.25. The van der Waals surface area contributed by atoms with Gasteiger partial charge in [0, 0.05) is 13.1 Å². The first-order valence-electron chi connectivity index (χ1n) is 7.47. The fourth-order valence-corrected chi connectivity index (χ4v) is 2.45. The first-order valence-corrected chi connectivity index (χ1v) is 7.47. The number of benzene rings is 2. The molecule has 0 bridgehead atoms. The van der Waals surface area contributed by atoms with Gasteiger partial charge < -0.3 is 15.4 Å². The minimum Gasteiger partial charge on any atom is -0.497 e. The first-order chi connectivity index (χ1) is 10.2. The van der Waals surface area contributed by atoms with E-state index in [1.54, 1.807) is 7.11 Å². The number of hydrogen-bond donors (Lipinski definition) is 1. The van der Waals surface area contributed by atoms with Crippen LogP contribution >= 0.6 is 0 Å². The Bertz CT molecular complexity index is 551. The number of nitrogen functional groups attached to an aromatic ring is 1. The summed E-state index contributed by atoms with van der Waals surface area (Å²) < 4.78 is 5.19. The Labute approximate surface area is 127 Å². The second kappa shape index (κ2) is 7.58. The van der Waals surface area contributed by atoms with Gasteiger partial charge in [-0.3, -0.25) is 0 Å². The molecule has 2 rings (SSSR count). The maximum Gasteiger partial charge on any atom is 0.118 e. The topological polar surface area (TPSA) is 38.5 Å². The van der Waals surface area contributed by atoms with Crippen molar-refractivity contribution in [1.29, 1.82) is 0 Å². The molecule has 2 aromatic carbocycles. The van der Waals surface area contributed by atoms with Gasteiger partial charge in [-0.2, -0.15) is 0 Å². The Balaban J connectivity index is 2.04. The molecule has 0 atom stereocenters. The van der Waals surface area contributed by atoms with Crippen LogP contribution in [-0.2, 0) is 6.42 Å². The van der Waals surface area contributed by atoms with Crippen molar-refractivity contribution in [2.75, 3.05) is 30.8 Å². The quantitative estimate of drug-likeness (QED) is 0.787. The highest BCUT2D eigenvalue weighted by atomic mass is 16.5. The van der Waals surface area contributed by atoms with Gasteiger partial charge in [-0.15, -0.1) is 0 Å². The Morgan fingerprint density at radius 2 is 1.71 bits per heavy atom. The molecule has 0 aliphatic carbocycles. The molecule has 0 spiro atoms. The van der Waals surface area contributed by atoms with E-state index >= 15 is 0 Å². The summed E-state index contributed by atoms with van der Waals surface area (Å²) in [5.74, 6) is 0.900. The van der Waals surface area contributed by atoms with Gasteiger partial charge in [-0.25, -0.2) is 0 Å². The fraction of sp³-hybridized carbons (Fsp3) is 0.333. The summed E-state index contributed by atoms with van der Waals surface area (Å²) >= 11 is 0. The third-order valence-corrected chi connectivity index (χ3v) is 3.60. The van der Waals surface area contributed by atoms with E-state index in [-0.39, 0.29) is 0 Å². The van der Waals surface area contributed by atoms with Gasteiger partial charge in [0.1, 0.15) is 5.75 Å². The van der Waals surface area contributed by atoms with Crippen molar-refractivity contribution >= 4 is 11.4 Å². The van der Waals surface area contributed by atoms with Gasteiger partial charge in [0.05, 0.1) is 18.5 Å². The van der Waals surface area contributed by atoms with Crippen LogP contribution in [-0.4, -0.2) is 20.2 Å². The molecule has 2 N–H and O–H groups in total. The van der Waals surface area contributed by atoms with Crippen molar-refractivity contribution in [3.8, 4) is 5.75 Å². The molecule has 0 radical (unpaired) electrons. The molecule has 3 nitrogen and oxygen atoms in total.